The van der Waals surface area contributed by atoms with Crippen LogP contribution < -0.4 is 15.2 Å². The van der Waals surface area contributed by atoms with E-state index < -0.39 is 11.3 Å². The number of carbonyl (C=O) groups is 2. The minimum atomic E-state index is -0.494. The topological polar surface area (TPSA) is 78.6 Å². The minimum absolute atomic E-state index is 0.0718. The lowest BCUT2D eigenvalue weighted by molar-refractivity contribution is -0.128. The molecular formula is C27H37NO4. The molecule has 0 atom stereocenters. The van der Waals surface area contributed by atoms with E-state index >= 15 is 0 Å². The summed E-state index contributed by atoms with van der Waals surface area (Å²) in [6.45, 7) is 14.0. The molecule has 0 bridgehead atoms. The Morgan fingerprint density at radius 2 is 1.25 bits per heavy atom. The van der Waals surface area contributed by atoms with Crippen molar-refractivity contribution in [3.63, 3.8) is 0 Å². The van der Waals surface area contributed by atoms with Crippen LogP contribution >= 0.6 is 0 Å². The highest BCUT2D eigenvalue weighted by Gasteiger charge is 2.31. The SMILES string of the molecule is CCC(CC)(c1ccc(OCC(N)=O)c(C)c1)c1ccc(OCC(=O)C(C)(C)C)c(C)c1. The van der Waals surface area contributed by atoms with Crippen molar-refractivity contribution in [3.05, 3.63) is 58.7 Å². The molecule has 0 spiro atoms. The van der Waals surface area contributed by atoms with Crippen LogP contribution in [0, 0.1) is 19.3 Å². The van der Waals surface area contributed by atoms with E-state index in [0.717, 1.165) is 29.7 Å². The number of aryl methyl sites for hydroxylation is 2. The fourth-order valence-electron chi connectivity index (χ4n) is 3.96. The van der Waals surface area contributed by atoms with Gasteiger partial charge in [-0.05, 0) is 61.1 Å². The van der Waals surface area contributed by atoms with Gasteiger partial charge >= 0.3 is 0 Å². The zero-order valence-corrected chi connectivity index (χ0v) is 20.5. The fraction of sp³-hybridized carbons (Fsp3) is 0.481. The molecule has 2 N–H and O–H groups in total. The predicted molar refractivity (Wildman–Crippen MR) is 128 cm³/mol. The van der Waals surface area contributed by atoms with Crippen LogP contribution in [-0.2, 0) is 15.0 Å². The number of amides is 1. The standard InChI is InChI=1S/C27H37NO4/c1-8-27(9-2,21-11-13-23(19(4)15-21)32-17-25(28)30)20-10-12-22(18(3)14-20)31-16-24(29)26(5,6)7/h10-15H,8-9,16-17H2,1-7H3,(H2,28,30). The Kier molecular flexibility index (Phi) is 8.11. The van der Waals surface area contributed by atoms with Gasteiger partial charge in [-0.25, -0.2) is 0 Å². The first-order valence-corrected chi connectivity index (χ1v) is 11.2. The third kappa shape index (κ3) is 5.70. The molecule has 0 fully saturated rings. The van der Waals surface area contributed by atoms with Crippen LogP contribution in [0.15, 0.2) is 36.4 Å². The van der Waals surface area contributed by atoms with Crippen LogP contribution in [0.3, 0.4) is 0 Å². The molecule has 2 aromatic carbocycles. The number of hydrogen-bond donors (Lipinski definition) is 1. The van der Waals surface area contributed by atoms with Crippen molar-refractivity contribution < 1.29 is 19.1 Å². The maximum atomic E-state index is 12.2. The molecule has 5 nitrogen and oxygen atoms in total. The molecule has 0 saturated carbocycles. The van der Waals surface area contributed by atoms with Gasteiger partial charge in [0, 0.05) is 10.8 Å². The van der Waals surface area contributed by atoms with Gasteiger partial charge in [0.15, 0.2) is 12.4 Å². The molecule has 5 heteroatoms. The van der Waals surface area contributed by atoms with Gasteiger partial charge in [-0.2, -0.15) is 0 Å². The van der Waals surface area contributed by atoms with Gasteiger partial charge in [0.05, 0.1) is 0 Å². The van der Waals surface area contributed by atoms with Crippen molar-refractivity contribution in [3.8, 4) is 11.5 Å². The number of ketones is 1. The molecule has 32 heavy (non-hydrogen) atoms. The molecule has 0 aliphatic heterocycles. The molecule has 0 heterocycles. The molecule has 0 aliphatic rings. The lowest BCUT2D eigenvalue weighted by Gasteiger charge is -2.34. The summed E-state index contributed by atoms with van der Waals surface area (Å²) in [7, 11) is 0. The summed E-state index contributed by atoms with van der Waals surface area (Å²) in [5.74, 6) is 0.981. The van der Waals surface area contributed by atoms with Crippen LogP contribution in [0.5, 0.6) is 11.5 Å². The minimum Gasteiger partial charge on any atom is -0.486 e. The summed E-state index contributed by atoms with van der Waals surface area (Å²) >= 11 is 0. The molecule has 0 saturated heterocycles. The Balaban J connectivity index is 2.35. The van der Waals surface area contributed by atoms with Crippen molar-refractivity contribution in [2.24, 2.45) is 11.1 Å². The predicted octanol–water partition coefficient (Wildman–Crippen LogP) is 5.27. The summed E-state index contributed by atoms with van der Waals surface area (Å²) in [6, 6.07) is 12.3. The first-order valence-electron chi connectivity index (χ1n) is 11.2. The van der Waals surface area contributed by atoms with Crippen LogP contribution in [0.2, 0.25) is 0 Å². The number of rotatable bonds is 10. The van der Waals surface area contributed by atoms with E-state index in [9.17, 15) is 9.59 Å². The maximum Gasteiger partial charge on any atom is 0.255 e. The highest BCUT2D eigenvalue weighted by Crippen LogP contribution is 2.41. The normalized spacial score (nSPS) is 11.8. The van der Waals surface area contributed by atoms with Crippen LogP contribution in [0.4, 0.5) is 0 Å². The molecule has 174 valence electrons. The van der Waals surface area contributed by atoms with Gasteiger partial charge in [-0.15, -0.1) is 0 Å². The molecule has 0 unspecified atom stereocenters. The number of benzene rings is 2. The van der Waals surface area contributed by atoms with Gasteiger partial charge in [-0.1, -0.05) is 58.9 Å². The summed E-state index contributed by atoms with van der Waals surface area (Å²) in [5, 5.41) is 0. The third-order valence-corrected chi connectivity index (χ3v) is 6.23. The van der Waals surface area contributed by atoms with Gasteiger partial charge in [0.25, 0.3) is 5.91 Å². The smallest absolute Gasteiger partial charge is 0.255 e. The zero-order chi connectivity index (χ0) is 24.1. The van der Waals surface area contributed by atoms with Gasteiger partial charge in [0.2, 0.25) is 0 Å². The highest BCUT2D eigenvalue weighted by atomic mass is 16.5. The monoisotopic (exact) mass is 439 g/mol. The Hall–Kier alpha value is -2.82. The molecular weight excluding hydrogens is 402 g/mol. The van der Waals surface area contributed by atoms with Crippen molar-refractivity contribution in [1.82, 2.24) is 0 Å². The van der Waals surface area contributed by atoms with Crippen molar-refractivity contribution in [2.75, 3.05) is 13.2 Å². The molecule has 1 amide bonds. The lowest BCUT2D eigenvalue weighted by Crippen LogP contribution is -2.27. The van der Waals surface area contributed by atoms with Crippen molar-refractivity contribution in [1.29, 1.82) is 0 Å². The summed E-state index contributed by atoms with van der Waals surface area (Å²) in [4.78, 5) is 23.3. The number of ether oxygens (including phenoxy) is 2. The number of nitrogens with two attached hydrogens (primary N) is 1. The largest absolute Gasteiger partial charge is 0.486 e. The van der Waals surface area contributed by atoms with E-state index in [0.29, 0.717) is 5.75 Å². The van der Waals surface area contributed by atoms with Crippen LogP contribution in [0.1, 0.15) is 69.7 Å². The number of carbonyl (C=O) groups excluding carboxylic acids is 2. The highest BCUT2D eigenvalue weighted by molar-refractivity contribution is 5.85. The van der Waals surface area contributed by atoms with Gasteiger partial charge < -0.3 is 15.2 Å². The van der Waals surface area contributed by atoms with Gasteiger partial charge in [0.1, 0.15) is 18.1 Å². The van der Waals surface area contributed by atoms with E-state index in [1.165, 1.54) is 11.1 Å². The van der Waals surface area contributed by atoms with E-state index in [4.69, 9.17) is 15.2 Å². The van der Waals surface area contributed by atoms with Crippen molar-refractivity contribution >= 4 is 11.7 Å². The van der Waals surface area contributed by atoms with Gasteiger partial charge in [-0.3, -0.25) is 9.59 Å². The van der Waals surface area contributed by atoms with E-state index in [-0.39, 0.29) is 24.4 Å². The summed E-state index contributed by atoms with van der Waals surface area (Å²) in [5.41, 5.74) is 8.99. The molecule has 2 rings (SSSR count). The van der Waals surface area contributed by atoms with E-state index in [1.54, 1.807) is 0 Å². The van der Waals surface area contributed by atoms with Crippen LogP contribution in [0.25, 0.3) is 0 Å². The molecule has 0 aromatic heterocycles. The third-order valence-electron chi connectivity index (χ3n) is 6.23. The first kappa shape index (κ1) is 25.4. The second kappa shape index (κ2) is 10.2. The zero-order valence-electron chi connectivity index (χ0n) is 20.5. The Morgan fingerprint density at radius 1 is 0.812 bits per heavy atom. The Labute approximate surface area is 192 Å². The molecule has 0 aliphatic carbocycles. The maximum absolute atomic E-state index is 12.2. The molecule has 0 radical (unpaired) electrons. The first-order chi connectivity index (χ1) is 14.9. The molecule has 2 aromatic rings. The Bertz CT molecular complexity index is 968. The average molecular weight is 440 g/mol. The summed E-state index contributed by atoms with van der Waals surface area (Å²) in [6.07, 6.45) is 1.85. The van der Waals surface area contributed by atoms with Crippen LogP contribution in [-0.4, -0.2) is 24.9 Å². The fourth-order valence-corrected chi connectivity index (χ4v) is 3.96. The average Bonchev–Trinajstić information content (AvgIpc) is 2.72. The van der Waals surface area contributed by atoms with Crippen molar-refractivity contribution in [2.45, 2.75) is 66.7 Å². The number of hydrogen-bond acceptors (Lipinski definition) is 4. The summed E-state index contributed by atoms with van der Waals surface area (Å²) < 4.78 is 11.4. The second-order valence-corrected chi connectivity index (χ2v) is 9.47. The number of Topliss-reactive ketones (excluding diaryl/α,β-unsaturated/α-hetero) is 1. The van der Waals surface area contributed by atoms with E-state index in [2.05, 4.69) is 38.1 Å². The number of primary amides is 1. The van der Waals surface area contributed by atoms with E-state index in [1.807, 2.05) is 46.8 Å². The second-order valence-electron chi connectivity index (χ2n) is 9.47. The quantitative estimate of drug-likeness (QED) is 0.547. The lowest BCUT2D eigenvalue weighted by atomic mass is 9.70. The Morgan fingerprint density at radius 3 is 1.59 bits per heavy atom.